The first-order valence-electron chi connectivity index (χ1n) is 8.19. The Labute approximate surface area is 201 Å². The molecule has 0 saturated carbocycles. The molecule has 0 aliphatic carbocycles. The second-order valence-corrected chi connectivity index (χ2v) is 9.99. The molecule has 2 aromatic rings. The molecule has 2 amide bonds. The van der Waals surface area contributed by atoms with Gasteiger partial charge in [0.05, 0.1) is 10.2 Å². The molecule has 0 atom stereocenters. The molecule has 148 valence electrons. The smallest absolute Gasteiger partial charge is 0.292 e. The Morgan fingerprint density at radius 1 is 0.966 bits per heavy atom. The van der Waals surface area contributed by atoms with E-state index < -0.39 is 5.41 Å². The van der Waals surface area contributed by atoms with Gasteiger partial charge in [-0.25, -0.2) is 4.90 Å². The first-order valence-corrected chi connectivity index (χ1v) is 11.4. The Kier molecular flexibility index (Phi) is 6.39. The highest BCUT2D eigenvalue weighted by atomic mass is 79.9. The van der Waals surface area contributed by atoms with Crippen molar-refractivity contribution in [3.05, 3.63) is 65.4 Å². The van der Waals surface area contributed by atoms with Crippen molar-refractivity contribution in [1.82, 2.24) is 0 Å². The number of halogens is 4. The van der Waals surface area contributed by atoms with E-state index in [1.807, 2.05) is 32.0 Å². The molecule has 3 rings (SSSR count). The van der Waals surface area contributed by atoms with Crippen LogP contribution in [0.15, 0.2) is 54.3 Å². The number of imide groups is 1. The zero-order chi connectivity index (χ0) is 21.5. The molecule has 0 N–H and O–H groups in total. The Morgan fingerprint density at radius 3 is 2.03 bits per heavy atom. The van der Waals surface area contributed by atoms with Gasteiger partial charge in [-0.3, -0.25) is 9.59 Å². The van der Waals surface area contributed by atoms with Crippen molar-refractivity contribution in [2.24, 2.45) is 0 Å². The van der Waals surface area contributed by atoms with E-state index in [-0.39, 0.29) is 11.8 Å². The average molecular weight is 648 g/mol. The van der Waals surface area contributed by atoms with Crippen LogP contribution >= 0.6 is 63.7 Å². The molecule has 0 bridgehead atoms. The molecule has 9 heteroatoms. The van der Waals surface area contributed by atoms with E-state index in [0.717, 1.165) is 20.5 Å². The van der Waals surface area contributed by atoms with Gasteiger partial charge in [-0.1, -0.05) is 19.9 Å². The second-order valence-electron chi connectivity index (χ2n) is 6.69. The van der Waals surface area contributed by atoms with Crippen molar-refractivity contribution >= 4 is 81.2 Å². The molecule has 2 aromatic carbocycles. The fraction of sp³-hybridized carbons (Fsp3) is 0.150. The first-order chi connectivity index (χ1) is 13.6. The maximum atomic E-state index is 12.1. The number of carbonyl (C=O) groups is 2. The number of carbonyl (C=O) groups excluding carboxylic acids is 2. The van der Waals surface area contributed by atoms with Crippen LogP contribution in [0.1, 0.15) is 25.0 Å². The lowest BCUT2D eigenvalue weighted by atomic mass is 9.78. The van der Waals surface area contributed by atoms with Gasteiger partial charge in [-0.05, 0) is 93.0 Å². The molecule has 1 aliphatic heterocycles. The minimum absolute atomic E-state index is 0.386. The van der Waals surface area contributed by atoms with E-state index in [9.17, 15) is 9.59 Å². The highest BCUT2D eigenvalue weighted by Crippen LogP contribution is 2.46. The summed E-state index contributed by atoms with van der Waals surface area (Å²) in [6.45, 7) is 4.10. The summed E-state index contributed by atoms with van der Waals surface area (Å²) in [5, 5.41) is 8.78. The summed E-state index contributed by atoms with van der Waals surface area (Å²) >= 11 is 14.1. The van der Waals surface area contributed by atoms with Crippen molar-refractivity contribution in [3.8, 4) is 12.0 Å². The molecule has 1 heterocycles. The first kappa shape index (κ1) is 22.2. The second kappa shape index (κ2) is 8.34. The predicted octanol–water partition coefficient (Wildman–Crippen LogP) is 6.35. The molecule has 0 spiro atoms. The Morgan fingerprint density at radius 2 is 1.52 bits per heavy atom. The van der Waals surface area contributed by atoms with Gasteiger partial charge in [-0.2, -0.15) is 0 Å². The predicted molar refractivity (Wildman–Crippen MR) is 124 cm³/mol. The van der Waals surface area contributed by atoms with E-state index in [4.69, 9.17) is 10.00 Å². The van der Waals surface area contributed by atoms with Gasteiger partial charge < -0.3 is 4.74 Å². The normalized spacial score (nSPS) is 13.8. The molecule has 0 aromatic heterocycles. The van der Waals surface area contributed by atoms with E-state index in [2.05, 4.69) is 63.7 Å². The summed E-state index contributed by atoms with van der Waals surface area (Å²) in [6, 6.07) is 7.38. The van der Waals surface area contributed by atoms with Gasteiger partial charge in [0.25, 0.3) is 18.1 Å². The van der Waals surface area contributed by atoms with Crippen molar-refractivity contribution in [1.29, 1.82) is 5.26 Å². The van der Waals surface area contributed by atoms with E-state index >= 15 is 0 Å². The third-order valence-corrected chi connectivity index (χ3v) is 8.00. The molecular formula is C20H12Br4N2O3. The van der Waals surface area contributed by atoms with Crippen molar-refractivity contribution in [3.63, 3.8) is 0 Å². The lowest BCUT2D eigenvalue weighted by Crippen LogP contribution is -2.30. The van der Waals surface area contributed by atoms with Gasteiger partial charge in [0, 0.05) is 31.0 Å². The molecular weight excluding hydrogens is 636 g/mol. The Balaban J connectivity index is 2.09. The number of hydrogen-bond donors (Lipinski definition) is 0. The zero-order valence-corrected chi connectivity index (χ0v) is 21.4. The standard InChI is InChI=1S/C20H12Br4N2O3/c1-20(2,11-3-4-14(29-9-25)18(24)17(11)23)10-7-12(21)19(13(22)8-10)26-15(27)5-6-16(26)28/h3-8H,1-2H3. The fourth-order valence-electron chi connectivity index (χ4n) is 3.06. The lowest BCUT2D eigenvalue weighted by molar-refractivity contribution is -0.120. The number of ether oxygens (including phenoxy) is 1. The van der Waals surface area contributed by atoms with Crippen LogP contribution < -0.4 is 9.64 Å². The zero-order valence-electron chi connectivity index (χ0n) is 15.1. The van der Waals surface area contributed by atoms with Crippen LogP contribution in [-0.4, -0.2) is 11.8 Å². The minimum atomic E-state index is -0.465. The molecule has 29 heavy (non-hydrogen) atoms. The van der Waals surface area contributed by atoms with Crippen molar-refractivity contribution in [2.75, 3.05) is 4.90 Å². The summed E-state index contributed by atoms with van der Waals surface area (Å²) in [4.78, 5) is 25.3. The number of hydrogen-bond acceptors (Lipinski definition) is 4. The number of nitriles is 1. The van der Waals surface area contributed by atoms with E-state index in [1.54, 1.807) is 12.3 Å². The fourth-order valence-corrected chi connectivity index (χ4v) is 5.85. The molecule has 0 saturated heterocycles. The number of amides is 2. The molecule has 0 fully saturated rings. The molecule has 1 aliphatic rings. The Hall–Kier alpha value is -1.47. The topological polar surface area (TPSA) is 70.4 Å². The average Bonchev–Trinajstić information content (AvgIpc) is 2.97. The maximum absolute atomic E-state index is 12.1. The van der Waals surface area contributed by atoms with Crippen LogP contribution in [-0.2, 0) is 15.0 Å². The monoisotopic (exact) mass is 644 g/mol. The van der Waals surface area contributed by atoms with Crippen LogP contribution in [0, 0.1) is 11.5 Å². The van der Waals surface area contributed by atoms with Crippen molar-refractivity contribution in [2.45, 2.75) is 19.3 Å². The number of anilines is 1. The largest absolute Gasteiger partial charge is 0.387 e. The van der Waals surface area contributed by atoms with E-state index in [1.165, 1.54) is 12.2 Å². The summed E-state index contributed by atoms with van der Waals surface area (Å²) in [6.07, 6.45) is 4.17. The quantitative estimate of drug-likeness (QED) is 0.287. The van der Waals surface area contributed by atoms with Gasteiger partial charge in [-0.15, -0.1) is 5.26 Å². The highest BCUT2D eigenvalue weighted by molar-refractivity contribution is 9.13. The number of rotatable bonds is 4. The highest BCUT2D eigenvalue weighted by Gasteiger charge is 2.32. The van der Waals surface area contributed by atoms with Gasteiger partial charge in [0.15, 0.2) is 5.75 Å². The minimum Gasteiger partial charge on any atom is -0.387 e. The molecule has 0 radical (unpaired) electrons. The van der Waals surface area contributed by atoms with Gasteiger partial charge in [0.1, 0.15) is 0 Å². The summed E-state index contributed by atoms with van der Waals surface area (Å²) < 4.78 is 7.58. The van der Waals surface area contributed by atoms with Gasteiger partial charge in [0.2, 0.25) is 0 Å². The molecule has 5 nitrogen and oxygen atoms in total. The summed E-state index contributed by atoms with van der Waals surface area (Å²) in [5.41, 5.74) is 1.89. The third kappa shape index (κ3) is 3.96. The lowest BCUT2D eigenvalue weighted by Gasteiger charge is -2.29. The maximum Gasteiger partial charge on any atom is 0.292 e. The van der Waals surface area contributed by atoms with Crippen LogP contribution in [0.5, 0.6) is 5.75 Å². The number of nitrogens with zero attached hydrogens (tertiary/aromatic N) is 2. The number of benzene rings is 2. The van der Waals surface area contributed by atoms with E-state index in [0.29, 0.717) is 24.9 Å². The summed E-state index contributed by atoms with van der Waals surface area (Å²) in [5.74, 6) is -0.360. The summed E-state index contributed by atoms with van der Waals surface area (Å²) in [7, 11) is 0. The molecule has 0 unspecified atom stereocenters. The third-order valence-electron chi connectivity index (χ3n) is 4.65. The SMILES string of the molecule is CC(C)(c1cc(Br)c(N2C(=O)C=CC2=O)c(Br)c1)c1ccc(OC#N)c(Br)c1Br. The van der Waals surface area contributed by atoms with Gasteiger partial charge >= 0.3 is 0 Å². The van der Waals surface area contributed by atoms with Crippen molar-refractivity contribution < 1.29 is 14.3 Å². The van der Waals surface area contributed by atoms with Crippen LogP contribution in [0.2, 0.25) is 0 Å². The van der Waals surface area contributed by atoms with Crippen LogP contribution in [0.25, 0.3) is 0 Å². The van der Waals surface area contributed by atoms with Crippen LogP contribution in [0.4, 0.5) is 5.69 Å². The van der Waals surface area contributed by atoms with Crippen LogP contribution in [0.3, 0.4) is 0 Å². The Bertz CT molecular complexity index is 1080.